The molecule has 0 N–H and O–H groups in total. The molecular weight excluding hydrogens is 236 g/mol. The molecule has 0 aliphatic rings. The smallest absolute Gasteiger partial charge is 0.191 e. The highest BCUT2D eigenvalue weighted by molar-refractivity contribution is 6.74. The monoisotopic (exact) mass is 262 g/mol. The van der Waals surface area contributed by atoms with E-state index in [1.165, 1.54) is 11.1 Å². The molecule has 0 aromatic heterocycles. The summed E-state index contributed by atoms with van der Waals surface area (Å²) in [6.45, 7) is 16.0. The van der Waals surface area contributed by atoms with Crippen molar-refractivity contribution in [1.82, 2.24) is 0 Å². The van der Waals surface area contributed by atoms with Crippen molar-refractivity contribution in [3.05, 3.63) is 42.0 Å². The fourth-order valence-corrected chi connectivity index (χ4v) is 2.56. The van der Waals surface area contributed by atoms with Crippen LogP contribution in [-0.2, 0) is 10.8 Å². The lowest BCUT2D eigenvalue weighted by atomic mass is 10.1. The Morgan fingerprint density at radius 1 is 1.28 bits per heavy atom. The van der Waals surface area contributed by atoms with Crippen molar-refractivity contribution in [2.24, 2.45) is 0 Å². The molecule has 1 rings (SSSR count). The second-order valence-electron chi connectivity index (χ2n) is 6.31. The lowest BCUT2D eigenvalue weighted by Crippen LogP contribution is -2.41. The van der Waals surface area contributed by atoms with Crippen LogP contribution in [0, 0.1) is 0 Å². The largest absolute Gasteiger partial charge is 0.416 e. The number of hydrogen-bond acceptors (Lipinski definition) is 1. The van der Waals surface area contributed by atoms with Gasteiger partial charge in [-0.1, -0.05) is 57.7 Å². The minimum Gasteiger partial charge on any atom is -0.416 e. The van der Waals surface area contributed by atoms with E-state index < -0.39 is 8.32 Å². The van der Waals surface area contributed by atoms with Crippen molar-refractivity contribution >= 4 is 14.4 Å². The van der Waals surface area contributed by atoms with E-state index >= 15 is 0 Å². The van der Waals surface area contributed by atoms with Crippen LogP contribution in [-0.4, -0.2) is 14.9 Å². The lowest BCUT2D eigenvalue weighted by molar-refractivity contribution is 0.292. The summed E-state index contributed by atoms with van der Waals surface area (Å²) >= 11 is 0. The molecule has 1 aromatic rings. The predicted octanol–water partition coefficient (Wildman–Crippen LogP) is 4.89. The molecule has 0 saturated carbocycles. The van der Waals surface area contributed by atoms with Crippen LogP contribution in [0.25, 0.3) is 6.08 Å². The van der Waals surface area contributed by atoms with Gasteiger partial charge in [0.15, 0.2) is 8.32 Å². The average Bonchev–Trinajstić information content (AvgIpc) is 2.27. The van der Waals surface area contributed by atoms with E-state index in [4.69, 9.17) is 4.43 Å². The summed E-state index contributed by atoms with van der Waals surface area (Å²) in [4.78, 5) is 0. The normalized spacial score (nSPS) is 12.5. The first-order valence-corrected chi connectivity index (χ1v) is 9.52. The van der Waals surface area contributed by atoms with Crippen LogP contribution in [0.1, 0.15) is 31.9 Å². The first-order valence-electron chi connectivity index (χ1n) is 6.61. The molecule has 0 spiro atoms. The molecule has 100 valence electrons. The van der Waals surface area contributed by atoms with Crippen molar-refractivity contribution < 1.29 is 4.43 Å². The van der Waals surface area contributed by atoms with Gasteiger partial charge >= 0.3 is 0 Å². The fraction of sp³-hybridized carbons (Fsp3) is 0.500. The first-order chi connectivity index (χ1) is 8.26. The Balaban J connectivity index is 2.54. The van der Waals surface area contributed by atoms with Crippen molar-refractivity contribution in [1.29, 1.82) is 0 Å². The molecule has 0 aliphatic carbocycles. The summed E-state index contributed by atoms with van der Waals surface area (Å²) < 4.78 is 6.18. The Labute approximate surface area is 113 Å². The van der Waals surface area contributed by atoms with Gasteiger partial charge in [-0.2, -0.15) is 0 Å². The third-order valence-corrected chi connectivity index (χ3v) is 8.38. The average molecular weight is 262 g/mol. The number of rotatable bonds is 5. The van der Waals surface area contributed by atoms with Crippen LogP contribution in [0.3, 0.4) is 0 Å². The minimum absolute atomic E-state index is 0.288. The molecule has 0 saturated heterocycles. The van der Waals surface area contributed by atoms with E-state index in [-0.39, 0.29) is 5.04 Å². The van der Waals surface area contributed by atoms with Gasteiger partial charge in [0, 0.05) is 6.61 Å². The second kappa shape index (κ2) is 5.85. The van der Waals surface area contributed by atoms with Crippen LogP contribution in [0.15, 0.2) is 30.8 Å². The topological polar surface area (TPSA) is 9.23 Å². The molecular formula is C16H26OSi. The van der Waals surface area contributed by atoms with Gasteiger partial charge < -0.3 is 4.43 Å². The maximum atomic E-state index is 6.18. The summed E-state index contributed by atoms with van der Waals surface area (Å²) in [6.07, 6.45) is 2.87. The Morgan fingerprint density at radius 2 is 1.94 bits per heavy atom. The van der Waals surface area contributed by atoms with Crippen molar-refractivity contribution in [2.75, 3.05) is 6.61 Å². The van der Waals surface area contributed by atoms with Crippen LogP contribution >= 0.6 is 0 Å². The third kappa shape index (κ3) is 4.11. The minimum atomic E-state index is -1.60. The molecule has 1 nitrogen and oxygen atoms in total. The van der Waals surface area contributed by atoms with Crippen LogP contribution < -0.4 is 0 Å². The molecule has 0 fully saturated rings. The highest BCUT2D eigenvalue weighted by Crippen LogP contribution is 2.36. The summed E-state index contributed by atoms with van der Waals surface area (Å²) in [5.74, 6) is 0. The maximum absolute atomic E-state index is 6.18. The molecule has 0 amide bonds. The van der Waals surface area contributed by atoms with Crippen LogP contribution in [0.2, 0.25) is 18.1 Å². The maximum Gasteiger partial charge on any atom is 0.191 e. The molecule has 0 bridgehead atoms. The van der Waals surface area contributed by atoms with Gasteiger partial charge in [-0.25, -0.2) is 0 Å². The summed E-state index contributed by atoms with van der Waals surface area (Å²) in [7, 11) is -1.60. The molecule has 0 aliphatic heterocycles. The molecule has 1 aromatic carbocycles. The van der Waals surface area contributed by atoms with E-state index in [1.54, 1.807) is 0 Å². The first kappa shape index (κ1) is 15.2. The van der Waals surface area contributed by atoms with Crippen molar-refractivity contribution in [3.8, 4) is 0 Å². The zero-order valence-corrected chi connectivity index (χ0v) is 13.4. The van der Waals surface area contributed by atoms with Gasteiger partial charge in [-0.3, -0.25) is 0 Å². The highest BCUT2D eigenvalue weighted by Gasteiger charge is 2.36. The Morgan fingerprint density at radius 3 is 2.50 bits per heavy atom. The lowest BCUT2D eigenvalue weighted by Gasteiger charge is -2.36. The molecule has 0 radical (unpaired) electrons. The molecule has 0 unspecified atom stereocenters. The SMILES string of the molecule is C=Cc1cccc(CCO[Si](C)(C)C(C)(C)C)c1. The predicted molar refractivity (Wildman–Crippen MR) is 83.4 cm³/mol. The summed E-state index contributed by atoms with van der Waals surface area (Å²) in [5.41, 5.74) is 2.51. The molecule has 0 atom stereocenters. The van der Waals surface area contributed by atoms with E-state index in [0.717, 1.165) is 13.0 Å². The standard InChI is InChI=1S/C16H26OSi/c1-7-14-9-8-10-15(13-14)11-12-17-18(5,6)16(2,3)4/h7-10,13H,1,11-12H2,2-6H3. The fourth-order valence-electron chi connectivity index (χ4n) is 1.52. The van der Waals surface area contributed by atoms with E-state index in [2.05, 4.69) is 64.7 Å². The molecule has 18 heavy (non-hydrogen) atoms. The van der Waals surface area contributed by atoms with Crippen LogP contribution in [0.4, 0.5) is 0 Å². The van der Waals surface area contributed by atoms with Crippen molar-refractivity contribution in [3.63, 3.8) is 0 Å². The van der Waals surface area contributed by atoms with Gasteiger partial charge in [0.2, 0.25) is 0 Å². The van der Waals surface area contributed by atoms with Gasteiger partial charge in [0.1, 0.15) is 0 Å². The second-order valence-corrected chi connectivity index (χ2v) is 11.1. The molecule has 0 heterocycles. The number of benzene rings is 1. The van der Waals surface area contributed by atoms with E-state index in [0.29, 0.717) is 0 Å². The van der Waals surface area contributed by atoms with Gasteiger partial charge in [0.25, 0.3) is 0 Å². The Kier molecular flexibility index (Phi) is 4.94. The highest BCUT2D eigenvalue weighted by atomic mass is 28.4. The van der Waals surface area contributed by atoms with Crippen molar-refractivity contribution in [2.45, 2.75) is 45.3 Å². The summed E-state index contributed by atoms with van der Waals surface area (Å²) in [5, 5.41) is 0.288. The molecule has 2 heteroatoms. The number of hydrogen-bond donors (Lipinski definition) is 0. The third-order valence-electron chi connectivity index (χ3n) is 3.85. The van der Waals surface area contributed by atoms with E-state index in [1.807, 2.05) is 6.08 Å². The quantitative estimate of drug-likeness (QED) is 0.686. The summed E-state index contributed by atoms with van der Waals surface area (Å²) in [6, 6.07) is 8.49. The van der Waals surface area contributed by atoms with Crippen LogP contribution in [0.5, 0.6) is 0 Å². The zero-order valence-electron chi connectivity index (χ0n) is 12.4. The van der Waals surface area contributed by atoms with Gasteiger partial charge in [0.05, 0.1) is 0 Å². The van der Waals surface area contributed by atoms with Gasteiger partial charge in [-0.15, -0.1) is 0 Å². The van der Waals surface area contributed by atoms with E-state index in [9.17, 15) is 0 Å². The Hall–Kier alpha value is -0.863. The van der Waals surface area contributed by atoms with Gasteiger partial charge in [-0.05, 0) is 35.7 Å². The zero-order chi connectivity index (χ0) is 13.8. The Bertz CT molecular complexity index is 402.